The van der Waals surface area contributed by atoms with Gasteiger partial charge in [-0.2, -0.15) is 0 Å². The summed E-state index contributed by atoms with van der Waals surface area (Å²) in [5, 5.41) is 4.31. The van der Waals surface area contributed by atoms with Crippen LogP contribution in [0.15, 0.2) is 96.2 Å². The summed E-state index contributed by atoms with van der Waals surface area (Å²) in [6, 6.07) is 25.0. The number of nitrogens with zero attached hydrogens (tertiary/aromatic N) is 3. The molecule has 1 amide bonds. The molecule has 1 unspecified atom stereocenters. The third-order valence-corrected chi connectivity index (χ3v) is 9.66. The minimum absolute atomic E-state index is 0.0956. The molecule has 1 aliphatic heterocycles. The van der Waals surface area contributed by atoms with Crippen molar-refractivity contribution in [2.45, 2.75) is 37.1 Å². The van der Waals surface area contributed by atoms with Crippen molar-refractivity contribution in [2.75, 3.05) is 20.6 Å². The van der Waals surface area contributed by atoms with Crippen LogP contribution in [0.3, 0.4) is 0 Å². The number of aromatic nitrogens is 2. The second kappa shape index (κ2) is 11.2. The molecule has 0 spiro atoms. The van der Waals surface area contributed by atoms with Gasteiger partial charge >= 0.3 is 0 Å². The monoisotopic (exact) mass is 578 g/mol. The number of piperidine rings is 1. The first kappa shape index (κ1) is 27.9. The molecule has 1 saturated heterocycles. The van der Waals surface area contributed by atoms with Crippen molar-refractivity contribution in [1.82, 2.24) is 19.2 Å². The van der Waals surface area contributed by atoms with Gasteiger partial charge in [0.1, 0.15) is 0 Å². The molecule has 1 aliphatic rings. The Morgan fingerprint density at radius 3 is 2.24 bits per heavy atom. The van der Waals surface area contributed by atoms with Crippen molar-refractivity contribution >= 4 is 27.0 Å². The number of hydrogen-bond acceptors (Lipinski definition) is 5. The zero-order chi connectivity index (χ0) is 29.4. The summed E-state index contributed by atoms with van der Waals surface area (Å²) in [6.45, 7) is 2.97. The van der Waals surface area contributed by atoms with Crippen molar-refractivity contribution in [3.8, 4) is 22.3 Å². The molecule has 0 bridgehead atoms. The van der Waals surface area contributed by atoms with E-state index in [9.17, 15) is 13.2 Å². The number of fused-ring (bicyclic) bond motifs is 1. The molecule has 1 fully saturated rings. The quantitative estimate of drug-likeness (QED) is 0.251. The average Bonchev–Trinajstić information content (AvgIpc) is 3.41. The van der Waals surface area contributed by atoms with Crippen LogP contribution in [-0.2, 0) is 10.0 Å². The molecular formula is C34H34N4O3S. The topological polar surface area (TPSA) is 84.3 Å². The van der Waals surface area contributed by atoms with Gasteiger partial charge in [-0.1, -0.05) is 60.5 Å². The molecule has 1 atom stereocenters. The van der Waals surface area contributed by atoms with Crippen LogP contribution >= 0.6 is 0 Å². The molecule has 5 aromatic rings. The first-order valence-corrected chi connectivity index (χ1v) is 15.7. The number of carbonyl (C=O) groups is 1. The molecule has 3 heterocycles. The maximum Gasteiger partial charge on any atom is 0.269 e. The van der Waals surface area contributed by atoms with Gasteiger partial charge in [-0.15, -0.1) is 0 Å². The van der Waals surface area contributed by atoms with Crippen LogP contribution in [0.25, 0.3) is 33.3 Å². The highest BCUT2D eigenvalue weighted by molar-refractivity contribution is 7.90. The van der Waals surface area contributed by atoms with Crippen LogP contribution in [0.1, 0.15) is 46.8 Å². The average molecular weight is 579 g/mol. The third-order valence-electron chi connectivity index (χ3n) is 8.00. The Morgan fingerprint density at radius 1 is 0.905 bits per heavy atom. The molecule has 214 valence electrons. The van der Waals surface area contributed by atoms with Gasteiger partial charge < -0.3 is 10.2 Å². The lowest BCUT2D eigenvalue weighted by Crippen LogP contribution is -2.26. The second-order valence-electron chi connectivity index (χ2n) is 11.2. The highest BCUT2D eigenvalue weighted by atomic mass is 32.2. The normalized spacial score (nSPS) is 15.5. The molecule has 42 heavy (non-hydrogen) atoms. The van der Waals surface area contributed by atoms with E-state index in [4.69, 9.17) is 4.98 Å². The van der Waals surface area contributed by atoms with E-state index in [0.29, 0.717) is 22.6 Å². The number of amides is 1. The highest BCUT2D eigenvalue weighted by Crippen LogP contribution is 2.35. The summed E-state index contributed by atoms with van der Waals surface area (Å²) in [6.07, 6.45) is 6.96. The summed E-state index contributed by atoms with van der Waals surface area (Å²) < 4.78 is 28.9. The van der Waals surface area contributed by atoms with Crippen molar-refractivity contribution in [3.63, 3.8) is 0 Å². The van der Waals surface area contributed by atoms with E-state index in [0.717, 1.165) is 40.8 Å². The minimum Gasteiger partial charge on any atom is -0.345 e. The first-order valence-electron chi connectivity index (χ1n) is 14.2. The SMILES string of the molecule is Cc1ccc(S(=O)(=O)n2cc(-c3ccc(C(=O)N(C)C)cc3)c3cc(-c4ccc(C5CCCCN5)cc4)cnc32)cc1. The van der Waals surface area contributed by atoms with E-state index in [1.54, 1.807) is 62.9 Å². The summed E-state index contributed by atoms with van der Waals surface area (Å²) in [7, 11) is -0.484. The van der Waals surface area contributed by atoms with Crippen LogP contribution in [0, 0.1) is 6.92 Å². The Balaban J connectivity index is 1.46. The van der Waals surface area contributed by atoms with Gasteiger partial charge in [0.15, 0.2) is 5.65 Å². The Kier molecular flexibility index (Phi) is 7.43. The fraction of sp³-hybridized carbons (Fsp3) is 0.235. The van der Waals surface area contributed by atoms with E-state index in [-0.39, 0.29) is 10.8 Å². The maximum absolute atomic E-state index is 13.8. The Labute approximate surface area is 246 Å². The fourth-order valence-electron chi connectivity index (χ4n) is 5.57. The van der Waals surface area contributed by atoms with Gasteiger partial charge in [0.25, 0.3) is 15.9 Å². The summed E-state index contributed by atoms with van der Waals surface area (Å²) in [5.74, 6) is -0.0956. The van der Waals surface area contributed by atoms with E-state index in [1.807, 2.05) is 25.1 Å². The van der Waals surface area contributed by atoms with Crippen molar-refractivity contribution in [1.29, 1.82) is 0 Å². The minimum atomic E-state index is -3.91. The standard InChI is InChI=1S/C34H34N4O3S/c1-23-7-17-29(18-8-23)42(40,41)38-22-31(25-11-15-27(16-12-25)34(39)37(2)3)30-20-28(21-36-33(30)38)24-9-13-26(14-10-24)32-6-4-5-19-35-32/h7-18,20-22,32,35H,4-6,19H2,1-3H3. The molecule has 0 aliphatic carbocycles. The van der Waals surface area contributed by atoms with Crippen molar-refractivity contribution < 1.29 is 13.2 Å². The summed E-state index contributed by atoms with van der Waals surface area (Å²) >= 11 is 0. The largest absolute Gasteiger partial charge is 0.345 e. The number of nitrogens with one attached hydrogen (secondary N) is 1. The molecule has 2 aromatic heterocycles. The van der Waals surface area contributed by atoms with Crippen LogP contribution in [-0.4, -0.2) is 48.8 Å². The first-order chi connectivity index (χ1) is 20.2. The van der Waals surface area contributed by atoms with Crippen LogP contribution in [0.5, 0.6) is 0 Å². The number of hydrogen-bond donors (Lipinski definition) is 1. The lowest BCUT2D eigenvalue weighted by molar-refractivity contribution is 0.0827. The predicted octanol–water partition coefficient (Wildman–Crippen LogP) is 6.43. The van der Waals surface area contributed by atoms with Gasteiger partial charge in [-0.25, -0.2) is 17.4 Å². The highest BCUT2D eigenvalue weighted by Gasteiger charge is 2.24. The van der Waals surface area contributed by atoms with Crippen LogP contribution < -0.4 is 5.32 Å². The zero-order valence-corrected chi connectivity index (χ0v) is 24.9. The number of pyridine rings is 1. The molecule has 1 N–H and O–H groups in total. The second-order valence-corrected chi connectivity index (χ2v) is 13.0. The lowest BCUT2D eigenvalue weighted by Gasteiger charge is -2.24. The Hall–Kier alpha value is -4.27. The Bertz CT molecular complexity index is 1850. The summed E-state index contributed by atoms with van der Waals surface area (Å²) in [4.78, 5) is 18.9. The zero-order valence-electron chi connectivity index (χ0n) is 24.0. The smallest absolute Gasteiger partial charge is 0.269 e. The number of aryl methyl sites for hydroxylation is 1. The fourth-order valence-corrected chi connectivity index (χ4v) is 6.89. The van der Waals surface area contributed by atoms with Crippen molar-refractivity contribution in [3.05, 3.63) is 108 Å². The number of rotatable bonds is 6. The lowest BCUT2D eigenvalue weighted by atomic mass is 9.95. The van der Waals surface area contributed by atoms with Crippen molar-refractivity contribution in [2.24, 2.45) is 0 Å². The maximum atomic E-state index is 13.8. The molecule has 0 radical (unpaired) electrons. The Morgan fingerprint density at radius 2 is 1.60 bits per heavy atom. The molecule has 0 saturated carbocycles. The molecule has 8 heteroatoms. The van der Waals surface area contributed by atoms with Crippen LogP contribution in [0.2, 0.25) is 0 Å². The molecule has 3 aromatic carbocycles. The predicted molar refractivity (Wildman–Crippen MR) is 167 cm³/mol. The van der Waals surface area contributed by atoms with E-state index in [2.05, 4.69) is 29.6 Å². The van der Waals surface area contributed by atoms with E-state index >= 15 is 0 Å². The molecule has 7 nitrogen and oxygen atoms in total. The van der Waals surface area contributed by atoms with Gasteiger partial charge in [-0.3, -0.25) is 4.79 Å². The van der Waals surface area contributed by atoms with Gasteiger partial charge in [0.05, 0.1) is 4.90 Å². The summed E-state index contributed by atoms with van der Waals surface area (Å²) in [5.41, 5.74) is 6.60. The number of benzene rings is 3. The molecule has 6 rings (SSSR count). The third kappa shape index (κ3) is 5.24. The van der Waals surface area contributed by atoms with E-state index in [1.165, 1.54) is 27.3 Å². The number of carbonyl (C=O) groups excluding carboxylic acids is 1. The van der Waals surface area contributed by atoms with Gasteiger partial charge in [-0.05, 0) is 73.3 Å². The van der Waals surface area contributed by atoms with E-state index < -0.39 is 10.0 Å². The van der Waals surface area contributed by atoms with Gasteiger partial charge in [0, 0.05) is 54.6 Å². The molecular weight excluding hydrogens is 544 g/mol. The van der Waals surface area contributed by atoms with Gasteiger partial charge in [0.2, 0.25) is 0 Å². The van der Waals surface area contributed by atoms with Crippen LogP contribution in [0.4, 0.5) is 0 Å².